The summed E-state index contributed by atoms with van der Waals surface area (Å²) < 4.78 is 0. The van der Waals surface area contributed by atoms with Crippen LogP contribution in [0.3, 0.4) is 0 Å². The molecular formula is C16H19N3O2S. The van der Waals surface area contributed by atoms with Crippen molar-refractivity contribution in [3.05, 3.63) is 44.6 Å². The topological polar surface area (TPSA) is 49.6 Å². The quantitative estimate of drug-likeness (QED) is 0.643. The van der Waals surface area contributed by atoms with Crippen LogP contribution in [0.15, 0.2) is 29.0 Å². The van der Waals surface area contributed by atoms with Crippen LogP contribution in [0, 0.1) is 17.0 Å². The van der Waals surface area contributed by atoms with E-state index in [1.807, 2.05) is 29.8 Å². The van der Waals surface area contributed by atoms with Crippen molar-refractivity contribution in [1.82, 2.24) is 4.90 Å². The highest BCUT2D eigenvalue weighted by molar-refractivity contribution is 7.08. The van der Waals surface area contributed by atoms with Crippen molar-refractivity contribution in [3.63, 3.8) is 0 Å². The molecule has 1 aromatic heterocycles. The molecule has 0 aliphatic carbocycles. The molecule has 0 bridgehead atoms. The number of aryl methyl sites for hydroxylation is 1. The Hall–Kier alpha value is -1.92. The van der Waals surface area contributed by atoms with Crippen molar-refractivity contribution < 1.29 is 4.92 Å². The lowest BCUT2D eigenvalue weighted by Crippen LogP contribution is -2.44. The molecule has 0 amide bonds. The fourth-order valence-electron chi connectivity index (χ4n) is 2.80. The van der Waals surface area contributed by atoms with E-state index in [-0.39, 0.29) is 10.6 Å². The smallest absolute Gasteiger partial charge is 0.277 e. The molecule has 5 nitrogen and oxygen atoms in total. The first kappa shape index (κ1) is 15.0. The van der Waals surface area contributed by atoms with Gasteiger partial charge in [0.2, 0.25) is 0 Å². The van der Waals surface area contributed by atoms with E-state index >= 15 is 0 Å². The maximum atomic E-state index is 11.3. The number of benzene rings is 1. The number of thiophene rings is 1. The molecule has 0 radical (unpaired) electrons. The van der Waals surface area contributed by atoms with Gasteiger partial charge in [0.25, 0.3) is 5.69 Å². The summed E-state index contributed by atoms with van der Waals surface area (Å²) in [4.78, 5) is 15.7. The van der Waals surface area contributed by atoms with Crippen LogP contribution in [-0.4, -0.2) is 43.0 Å². The monoisotopic (exact) mass is 317 g/mol. The van der Waals surface area contributed by atoms with Gasteiger partial charge in [0.1, 0.15) is 0 Å². The van der Waals surface area contributed by atoms with E-state index in [0.717, 1.165) is 48.6 Å². The standard InChI is InChI=1S/C16H19N3O2S/c1-12-10-22-11-15(12)14-9-13(3-4-16(14)19(20)21)18-7-5-17(2)6-8-18/h3-4,9-11H,5-8H2,1-2H3. The SMILES string of the molecule is Cc1cscc1-c1cc(N2CCN(C)CC2)ccc1[N+](=O)[O-]. The highest BCUT2D eigenvalue weighted by Crippen LogP contribution is 2.37. The Labute approximate surface area is 133 Å². The van der Waals surface area contributed by atoms with Gasteiger partial charge in [-0.2, -0.15) is 11.3 Å². The van der Waals surface area contributed by atoms with E-state index in [1.165, 1.54) is 0 Å². The van der Waals surface area contributed by atoms with Crippen molar-refractivity contribution in [2.75, 3.05) is 38.1 Å². The fourth-order valence-corrected chi connectivity index (χ4v) is 3.64. The number of nitro benzene ring substituents is 1. The number of piperazine rings is 1. The molecule has 22 heavy (non-hydrogen) atoms. The molecule has 1 aliphatic rings. The maximum Gasteiger partial charge on any atom is 0.277 e. The van der Waals surface area contributed by atoms with E-state index in [1.54, 1.807) is 17.4 Å². The fraction of sp³-hybridized carbons (Fsp3) is 0.375. The molecule has 0 spiro atoms. The summed E-state index contributed by atoms with van der Waals surface area (Å²) in [5.41, 5.74) is 4.02. The number of rotatable bonds is 3. The van der Waals surface area contributed by atoms with E-state index in [4.69, 9.17) is 0 Å². The molecule has 0 unspecified atom stereocenters. The number of anilines is 1. The number of nitrogens with zero attached hydrogens (tertiary/aromatic N) is 3. The lowest BCUT2D eigenvalue weighted by Gasteiger charge is -2.34. The minimum Gasteiger partial charge on any atom is -0.369 e. The lowest BCUT2D eigenvalue weighted by molar-refractivity contribution is -0.384. The van der Waals surface area contributed by atoms with Gasteiger partial charge in [-0.05, 0) is 42.4 Å². The molecular weight excluding hydrogens is 298 g/mol. The molecule has 1 fully saturated rings. The Morgan fingerprint density at radius 3 is 2.45 bits per heavy atom. The normalized spacial score (nSPS) is 16.0. The van der Waals surface area contributed by atoms with Crippen molar-refractivity contribution in [1.29, 1.82) is 0 Å². The first-order valence-electron chi connectivity index (χ1n) is 7.31. The van der Waals surface area contributed by atoms with Gasteiger partial charge in [0.15, 0.2) is 0 Å². The van der Waals surface area contributed by atoms with Gasteiger partial charge in [-0.3, -0.25) is 10.1 Å². The molecule has 3 rings (SSSR count). The van der Waals surface area contributed by atoms with Gasteiger partial charge >= 0.3 is 0 Å². The molecule has 0 N–H and O–H groups in total. The number of hydrogen-bond donors (Lipinski definition) is 0. The van der Waals surface area contributed by atoms with Crippen LogP contribution in [0.4, 0.5) is 11.4 Å². The first-order chi connectivity index (χ1) is 10.6. The highest BCUT2D eigenvalue weighted by Gasteiger charge is 2.21. The molecule has 1 aliphatic heterocycles. The second-order valence-corrected chi connectivity index (χ2v) is 6.46. The Bertz CT molecular complexity index is 690. The number of likely N-dealkylation sites (N-methyl/N-ethyl adjacent to an activating group) is 1. The molecule has 0 atom stereocenters. The summed E-state index contributed by atoms with van der Waals surface area (Å²) >= 11 is 1.58. The van der Waals surface area contributed by atoms with Crippen LogP contribution in [0.25, 0.3) is 11.1 Å². The predicted molar refractivity (Wildman–Crippen MR) is 90.9 cm³/mol. The van der Waals surface area contributed by atoms with Gasteiger partial charge in [0.05, 0.1) is 10.5 Å². The van der Waals surface area contributed by atoms with Crippen LogP contribution < -0.4 is 4.90 Å². The van der Waals surface area contributed by atoms with Crippen molar-refractivity contribution >= 4 is 22.7 Å². The zero-order valence-corrected chi connectivity index (χ0v) is 13.6. The summed E-state index contributed by atoms with van der Waals surface area (Å²) in [7, 11) is 2.12. The molecule has 1 saturated heterocycles. The molecule has 6 heteroatoms. The molecule has 116 valence electrons. The second kappa shape index (κ2) is 6.06. The van der Waals surface area contributed by atoms with Gasteiger partial charge in [-0.15, -0.1) is 0 Å². The average Bonchev–Trinajstić information content (AvgIpc) is 2.93. The third-order valence-corrected chi connectivity index (χ3v) is 5.05. The Kier molecular flexibility index (Phi) is 4.13. The first-order valence-corrected chi connectivity index (χ1v) is 8.25. The van der Waals surface area contributed by atoms with Gasteiger partial charge in [0, 0.05) is 43.5 Å². The third-order valence-electron chi connectivity index (χ3n) is 4.19. The Balaban J connectivity index is 2.01. The van der Waals surface area contributed by atoms with Gasteiger partial charge in [-0.25, -0.2) is 0 Å². The minimum absolute atomic E-state index is 0.180. The van der Waals surface area contributed by atoms with Crippen molar-refractivity contribution in [2.45, 2.75) is 6.92 Å². The van der Waals surface area contributed by atoms with Crippen LogP contribution in [-0.2, 0) is 0 Å². The second-order valence-electron chi connectivity index (χ2n) is 5.72. The summed E-state index contributed by atoms with van der Waals surface area (Å²) in [5.74, 6) is 0. The Morgan fingerprint density at radius 1 is 1.14 bits per heavy atom. The highest BCUT2D eigenvalue weighted by atomic mass is 32.1. The molecule has 1 aromatic carbocycles. The predicted octanol–water partition coefficient (Wildman–Crippen LogP) is 3.38. The average molecular weight is 317 g/mol. The molecule has 0 saturated carbocycles. The zero-order chi connectivity index (χ0) is 15.7. The van der Waals surface area contributed by atoms with E-state index in [2.05, 4.69) is 16.8 Å². The third kappa shape index (κ3) is 2.84. The van der Waals surface area contributed by atoms with Gasteiger partial charge in [-0.1, -0.05) is 0 Å². The largest absolute Gasteiger partial charge is 0.369 e. The summed E-state index contributed by atoms with van der Waals surface area (Å²) in [5, 5.41) is 15.4. The maximum absolute atomic E-state index is 11.3. The summed E-state index contributed by atoms with van der Waals surface area (Å²) in [6.07, 6.45) is 0. The van der Waals surface area contributed by atoms with Crippen LogP contribution in [0.5, 0.6) is 0 Å². The van der Waals surface area contributed by atoms with Crippen molar-refractivity contribution in [2.24, 2.45) is 0 Å². The minimum atomic E-state index is -0.291. The zero-order valence-electron chi connectivity index (χ0n) is 12.8. The van der Waals surface area contributed by atoms with E-state index < -0.39 is 0 Å². The number of hydrogen-bond acceptors (Lipinski definition) is 5. The molecule has 2 heterocycles. The van der Waals surface area contributed by atoms with Crippen LogP contribution >= 0.6 is 11.3 Å². The summed E-state index contributed by atoms with van der Waals surface area (Å²) in [6.45, 7) is 5.94. The van der Waals surface area contributed by atoms with Crippen LogP contribution in [0.2, 0.25) is 0 Å². The van der Waals surface area contributed by atoms with E-state index in [9.17, 15) is 10.1 Å². The summed E-state index contributed by atoms with van der Waals surface area (Å²) in [6, 6.07) is 5.48. The van der Waals surface area contributed by atoms with E-state index in [0.29, 0.717) is 0 Å². The molecule has 2 aromatic rings. The lowest BCUT2D eigenvalue weighted by atomic mass is 10.0. The van der Waals surface area contributed by atoms with Gasteiger partial charge < -0.3 is 9.80 Å². The van der Waals surface area contributed by atoms with Crippen LogP contribution in [0.1, 0.15) is 5.56 Å². The Morgan fingerprint density at radius 2 is 1.86 bits per heavy atom. The number of nitro groups is 1. The van der Waals surface area contributed by atoms with Crippen molar-refractivity contribution in [3.8, 4) is 11.1 Å².